The maximum absolute atomic E-state index is 9.28. The molecule has 0 spiro atoms. The summed E-state index contributed by atoms with van der Waals surface area (Å²) in [7, 11) is 0. The molecule has 0 bridgehead atoms. The number of nitriles is 1. The normalized spacial score (nSPS) is 14.0. The third kappa shape index (κ3) is 9.02. The molecule has 0 saturated carbocycles. The van der Waals surface area contributed by atoms with Gasteiger partial charge in [0.25, 0.3) is 0 Å². The Balaban J connectivity index is 3.53. The molecule has 1 atom stereocenters. The lowest BCUT2D eigenvalue weighted by Crippen LogP contribution is -2.43. The fourth-order valence-electron chi connectivity index (χ4n) is 2.29. The van der Waals surface area contributed by atoms with Crippen LogP contribution in [0.25, 0.3) is 0 Å². The zero-order valence-corrected chi connectivity index (χ0v) is 13.1. The van der Waals surface area contributed by atoms with E-state index >= 15 is 0 Å². The average molecular weight is 268 g/mol. The van der Waals surface area contributed by atoms with Crippen molar-refractivity contribution in [3.05, 3.63) is 0 Å². The summed E-state index contributed by atoms with van der Waals surface area (Å²) in [5, 5.41) is 12.6. The minimum absolute atomic E-state index is 0.348. The summed E-state index contributed by atoms with van der Waals surface area (Å²) < 4.78 is 5.64. The van der Waals surface area contributed by atoms with Crippen LogP contribution in [-0.2, 0) is 4.74 Å². The zero-order valence-electron chi connectivity index (χ0n) is 13.1. The lowest BCUT2D eigenvalue weighted by molar-refractivity contribution is 0.121. The summed E-state index contributed by atoms with van der Waals surface area (Å²) in [5.74, 6) is 0. The predicted molar refractivity (Wildman–Crippen MR) is 81.1 cm³/mol. The van der Waals surface area contributed by atoms with E-state index in [2.05, 4.69) is 32.2 Å². The first-order valence-electron chi connectivity index (χ1n) is 7.98. The van der Waals surface area contributed by atoms with Crippen molar-refractivity contribution in [1.82, 2.24) is 5.32 Å². The largest absolute Gasteiger partial charge is 0.381 e. The fraction of sp³-hybridized carbons (Fsp3) is 0.938. The molecule has 19 heavy (non-hydrogen) atoms. The van der Waals surface area contributed by atoms with Gasteiger partial charge in [0.1, 0.15) is 5.54 Å². The molecule has 0 fully saturated rings. The van der Waals surface area contributed by atoms with Crippen molar-refractivity contribution in [3.8, 4) is 6.07 Å². The Morgan fingerprint density at radius 1 is 1.00 bits per heavy atom. The van der Waals surface area contributed by atoms with Gasteiger partial charge in [-0.3, -0.25) is 5.32 Å². The first kappa shape index (κ1) is 18.4. The molecule has 3 nitrogen and oxygen atoms in total. The second kappa shape index (κ2) is 12.4. The van der Waals surface area contributed by atoms with Crippen LogP contribution in [0, 0.1) is 11.3 Å². The Morgan fingerprint density at radius 3 is 2.26 bits per heavy atom. The molecule has 0 rings (SSSR count). The molecule has 0 aliphatic carbocycles. The Morgan fingerprint density at radius 2 is 1.68 bits per heavy atom. The number of ether oxygens (including phenoxy) is 1. The van der Waals surface area contributed by atoms with E-state index in [1.165, 1.54) is 32.1 Å². The monoisotopic (exact) mass is 268 g/mol. The fourth-order valence-corrected chi connectivity index (χ4v) is 2.29. The predicted octanol–water partition coefficient (Wildman–Crippen LogP) is 4.04. The van der Waals surface area contributed by atoms with Crippen molar-refractivity contribution in [2.45, 2.75) is 77.7 Å². The summed E-state index contributed by atoms with van der Waals surface area (Å²) in [4.78, 5) is 0. The number of hydrogen-bond donors (Lipinski definition) is 1. The Labute approximate surface area is 119 Å². The molecular weight excluding hydrogens is 236 g/mol. The van der Waals surface area contributed by atoms with Crippen LogP contribution < -0.4 is 5.32 Å². The second-order valence-corrected chi connectivity index (χ2v) is 5.21. The number of nitrogens with one attached hydrogen (secondary N) is 1. The van der Waals surface area contributed by atoms with Crippen LogP contribution in [0.1, 0.15) is 72.1 Å². The molecule has 0 aromatic rings. The molecule has 0 amide bonds. The van der Waals surface area contributed by atoms with Gasteiger partial charge in [-0.15, -0.1) is 0 Å². The summed E-state index contributed by atoms with van der Waals surface area (Å²) in [6, 6.07) is 2.42. The summed E-state index contributed by atoms with van der Waals surface area (Å²) in [6.07, 6.45) is 9.10. The first-order valence-corrected chi connectivity index (χ1v) is 7.98. The highest BCUT2D eigenvalue weighted by Gasteiger charge is 2.25. The molecule has 3 heteroatoms. The third-order valence-electron chi connectivity index (χ3n) is 3.62. The van der Waals surface area contributed by atoms with Crippen molar-refractivity contribution in [3.63, 3.8) is 0 Å². The topological polar surface area (TPSA) is 45.0 Å². The van der Waals surface area contributed by atoms with E-state index in [-0.39, 0.29) is 5.54 Å². The van der Waals surface area contributed by atoms with Crippen molar-refractivity contribution < 1.29 is 4.74 Å². The van der Waals surface area contributed by atoms with E-state index < -0.39 is 0 Å². The van der Waals surface area contributed by atoms with Gasteiger partial charge >= 0.3 is 0 Å². The summed E-state index contributed by atoms with van der Waals surface area (Å²) >= 11 is 0. The van der Waals surface area contributed by atoms with Gasteiger partial charge in [-0.05, 0) is 32.2 Å². The number of nitrogens with zero attached hydrogens (tertiary/aromatic N) is 1. The maximum atomic E-state index is 9.28. The molecule has 0 aliphatic heterocycles. The van der Waals surface area contributed by atoms with Crippen LogP contribution in [0.4, 0.5) is 0 Å². The van der Waals surface area contributed by atoms with Gasteiger partial charge in [0.2, 0.25) is 0 Å². The van der Waals surface area contributed by atoms with Crippen molar-refractivity contribution in [2.75, 3.05) is 19.8 Å². The van der Waals surface area contributed by atoms with Gasteiger partial charge < -0.3 is 4.74 Å². The molecule has 0 aromatic carbocycles. The van der Waals surface area contributed by atoms with Gasteiger partial charge in [-0.1, -0.05) is 46.5 Å². The highest BCUT2D eigenvalue weighted by Crippen LogP contribution is 2.16. The molecule has 1 unspecified atom stereocenters. The summed E-state index contributed by atoms with van der Waals surface area (Å²) in [5.41, 5.74) is -0.348. The number of hydrogen-bond acceptors (Lipinski definition) is 3. The summed E-state index contributed by atoms with van der Waals surface area (Å²) in [6.45, 7) is 8.85. The van der Waals surface area contributed by atoms with E-state index in [4.69, 9.17) is 4.74 Å². The van der Waals surface area contributed by atoms with Crippen LogP contribution in [0.3, 0.4) is 0 Å². The molecule has 1 N–H and O–H groups in total. The maximum Gasteiger partial charge on any atom is 0.106 e. The van der Waals surface area contributed by atoms with Crippen LogP contribution in [0.5, 0.6) is 0 Å². The molecular formula is C16H32N2O. The molecule has 0 saturated heterocycles. The number of unbranched alkanes of at least 4 members (excludes halogenated alkanes) is 4. The molecule has 0 heterocycles. The van der Waals surface area contributed by atoms with Gasteiger partial charge in [0.15, 0.2) is 0 Å². The van der Waals surface area contributed by atoms with Crippen molar-refractivity contribution >= 4 is 0 Å². The van der Waals surface area contributed by atoms with Gasteiger partial charge in [0, 0.05) is 13.2 Å². The van der Waals surface area contributed by atoms with Gasteiger partial charge in [-0.2, -0.15) is 5.26 Å². The van der Waals surface area contributed by atoms with Gasteiger partial charge in [0.05, 0.1) is 6.07 Å². The highest BCUT2D eigenvalue weighted by atomic mass is 16.5. The van der Waals surface area contributed by atoms with Crippen LogP contribution >= 0.6 is 0 Å². The van der Waals surface area contributed by atoms with E-state index in [1.54, 1.807) is 0 Å². The Hall–Kier alpha value is -0.590. The van der Waals surface area contributed by atoms with Crippen LogP contribution in [0.2, 0.25) is 0 Å². The van der Waals surface area contributed by atoms with Gasteiger partial charge in [-0.25, -0.2) is 0 Å². The lowest BCUT2D eigenvalue weighted by Gasteiger charge is -2.25. The second-order valence-electron chi connectivity index (χ2n) is 5.21. The Kier molecular flexibility index (Phi) is 12.1. The average Bonchev–Trinajstić information content (AvgIpc) is 2.44. The smallest absolute Gasteiger partial charge is 0.106 e. The quantitative estimate of drug-likeness (QED) is 0.513. The molecule has 0 radical (unpaired) electrons. The van der Waals surface area contributed by atoms with Crippen LogP contribution in [-0.4, -0.2) is 25.3 Å². The van der Waals surface area contributed by atoms with E-state index in [0.717, 1.165) is 39.0 Å². The van der Waals surface area contributed by atoms with Crippen molar-refractivity contribution in [1.29, 1.82) is 5.26 Å². The SMILES string of the molecule is CCCCCCCOCCCC(C#N)(CC)NCC. The molecule has 112 valence electrons. The standard InChI is InChI=1S/C16H32N2O/c1-4-7-8-9-10-13-19-14-11-12-16(5-2,15-17)18-6-3/h18H,4-14H2,1-3H3. The minimum Gasteiger partial charge on any atom is -0.381 e. The minimum atomic E-state index is -0.348. The lowest BCUT2D eigenvalue weighted by atomic mass is 9.92. The van der Waals surface area contributed by atoms with Crippen molar-refractivity contribution in [2.24, 2.45) is 0 Å². The zero-order chi connectivity index (χ0) is 14.4. The van der Waals surface area contributed by atoms with E-state index in [1.807, 2.05) is 0 Å². The van der Waals surface area contributed by atoms with Crippen LogP contribution in [0.15, 0.2) is 0 Å². The molecule has 0 aromatic heterocycles. The Bertz CT molecular complexity index is 237. The first-order chi connectivity index (χ1) is 9.24. The van der Waals surface area contributed by atoms with E-state index in [9.17, 15) is 5.26 Å². The molecule has 0 aliphatic rings. The highest BCUT2D eigenvalue weighted by molar-refractivity contribution is 5.05. The van der Waals surface area contributed by atoms with E-state index in [0.29, 0.717) is 0 Å². The third-order valence-corrected chi connectivity index (χ3v) is 3.62. The number of rotatable bonds is 13.